The van der Waals surface area contributed by atoms with Crippen LogP contribution in [0.15, 0.2) is 18.2 Å². The summed E-state index contributed by atoms with van der Waals surface area (Å²) in [5.74, 6) is 0.630. The molecule has 1 aromatic rings. The lowest BCUT2D eigenvalue weighted by Gasteiger charge is -2.21. The van der Waals surface area contributed by atoms with Crippen LogP contribution in [0.5, 0.6) is 5.75 Å². The van der Waals surface area contributed by atoms with Crippen molar-refractivity contribution in [2.45, 2.75) is 31.9 Å². The van der Waals surface area contributed by atoms with E-state index in [1.54, 1.807) is 12.1 Å². The maximum absolute atomic E-state index is 13.1. The molecular weight excluding hydrogens is 231 g/mol. The molecule has 0 spiro atoms. The van der Waals surface area contributed by atoms with Crippen molar-refractivity contribution in [2.24, 2.45) is 5.73 Å². The third kappa shape index (κ3) is 3.43. The molecule has 0 amide bonds. The molecule has 0 aromatic heterocycles. The van der Waals surface area contributed by atoms with Gasteiger partial charge in [0.1, 0.15) is 17.7 Å². The first-order valence-corrected chi connectivity index (χ1v) is 6.44. The maximum Gasteiger partial charge on any atom is 0.123 e. The van der Waals surface area contributed by atoms with Crippen LogP contribution in [0.4, 0.5) is 4.39 Å². The van der Waals surface area contributed by atoms with Crippen LogP contribution in [0.3, 0.4) is 0 Å². The van der Waals surface area contributed by atoms with Gasteiger partial charge in [-0.1, -0.05) is 0 Å². The molecule has 0 saturated carbocycles. The summed E-state index contributed by atoms with van der Waals surface area (Å²) in [5, 5.41) is 0. The number of fused-ring (bicyclic) bond motifs is 1. The third-order valence-electron chi connectivity index (χ3n) is 3.25. The molecule has 2 unspecified atom stereocenters. The van der Waals surface area contributed by atoms with Crippen LogP contribution in [-0.4, -0.2) is 37.2 Å². The normalized spacial score (nSPS) is 19.7. The largest absolute Gasteiger partial charge is 0.488 e. The first-order valence-electron chi connectivity index (χ1n) is 6.44. The second kappa shape index (κ2) is 5.67. The zero-order valence-corrected chi connectivity index (χ0v) is 11.0. The van der Waals surface area contributed by atoms with Crippen molar-refractivity contribution in [1.29, 1.82) is 0 Å². The standard InChI is InChI=1S/C14H21FN2O/c1-10(16)5-6-17(2)9-13-8-11-7-12(15)3-4-14(11)18-13/h3-4,7,10,13H,5-6,8-9,16H2,1-2H3. The molecule has 2 atom stereocenters. The van der Waals surface area contributed by atoms with Gasteiger partial charge in [0.15, 0.2) is 0 Å². The van der Waals surface area contributed by atoms with Crippen molar-refractivity contribution in [3.05, 3.63) is 29.6 Å². The average molecular weight is 252 g/mol. The molecule has 0 radical (unpaired) electrons. The second-order valence-electron chi connectivity index (χ2n) is 5.22. The Labute approximate surface area is 108 Å². The first kappa shape index (κ1) is 13.3. The summed E-state index contributed by atoms with van der Waals surface area (Å²) in [5.41, 5.74) is 6.71. The number of rotatable bonds is 5. The summed E-state index contributed by atoms with van der Waals surface area (Å²) in [6.45, 7) is 3.82. The molecular formula is C14H21FN2O. The Hall–Kier alpha value is -1.13. The molecule has 0 bridgehead atoms. The van der Waals surface area contributed by atoms with Gasteiger partial charge in [-0.15, -0.1) is 0 Å². The molecule has 4 heteroatoms. The van der Waals surface area contributed by atoms with Crippen molar-refractivity contribution in [3.63, 3.8) is 0 Å². The molecule has 1 aliphatic rings. The van der Waals surface area contributed by atoms with Crippen molar-refractivity contribution in [3.8, 4) is 5.75 Å². The summed E-state index contributed by atoms with van der Waals surface area (Å²) < 4.78 is 18.9. The van der Waals surface area contributed by atoms with Gasteiger partial charge in [-0.2, -0.15) is 0 Å². The predicted octanol–water partition coefficient (Wildman–Crippen LogP) is 1.80. The van der Waals surface area contributed by atoms with E-state index in [1.807, 2.05) is 6.92 Å². The van der Waals surface area contributed by atoms with Gasteiger partial charge in [0, 0.05) is 24.6 Å². The van der Waals surface area contributed by atoms with Gasteiger partial charge in [-0.25, -0.2) is 4.39 Å². The molecule has 0 aliphatic carbocycles. The highest BCUT2D eigenvalue weighted by Gasteiger charge is 2.24. The Kier molecular flexibility index (Phi) is 4.19. The van der Waals surface area contributed by atoms with Crippen LogP contribution < -0.4 is 10.5 Å². The minimum absolute atomic E-state index is 0.125. The molecule has 18 heavy (non-hydrogen) atoms. The predicted molar refractivity (Wildman–Crippen MR) is 70.3 cm³/mol. The zero-order valence-electron chi connectivity index (χ0n) is 11.0. The Morgan fingerprint density at radius 2 is 2.33 bits per heavy atom. The van der Waals surface area contributed by atoms with Gasteiger partial charge >= 0.3 is 0 Å². The molecule has 1 heterocycles. The van der Waals surface area contributed by atoms with E-state index < -0.39 is 0 Å². The third-order valence-corrected chi connectivity index (χ3v) is 3.25. The van der Waals surface area contributed by atoms with E-state index >= 15 is 0 Å². The Morgan fingerprint density at radius 3 is 3.06 bits per heavy atom. The van der Waals surface area contributed by atoms with E-state index in [0.29, 0.717) is 0 Å². The minimum Gasteiger partial charge on any atom is -0.488 e. The molecule has 0 saturated heterocycles. The quantitative estimate of drug-likeness (QED) is 0.868. The number of benzene rings is 1. The summed E-state index contributed by atoms with van der Waals surface area (Å²) in [7, 11) is 2.06. The Bertz CT molecular complexity index is 409. The van der Waals surface area contributed by atoms with Gasteiger partial charge in [0.25, 0.3) is 0 Å². The van der Waals surface area contributed by atoms with Crippen LogP contribution in [0.2, 0.25) is 0 Å². The Morgan fingerprint density at radius 1 is 1.56 bits per heavy atom. The smallest absolute Gasteiger partial charge is 0.123 e. The summed E-state index contributed by atoms with van der Waals surface area (Å²) in [4.78, 5) is 2.22. The lowest BCUT2D eigenvalue weighted by molar-refractivity contribution is 0.166. The summed E-state index contributed by atoms with van der Waals surface area (Å²) in [6, 6.07) is 4.95. The fraction of sp³-hybridized carbons (Fsp3) is 0.571. The van der Waals surface area contributed by atoms with Crippen molar-refractivity contribution >= 4 is 0 Å². The van der Waals surface area contributed by atoms with Crippen molar-refractivity contribution < 1.29 is 9.13 Å². The average Bonchev–Trinajstić information content (AvgIpc) is 2.67. The van der Waals surface area contributed by atoms with E-state index in [1.165, 1.54) is 6.07 Å². The van der Waals surface area contributed by atoms with Crippen LogP contribution in [0.25, 0.3) is 0 Å². The van der Waals surface area contributed by atoms with Crippen LogP contribution >= 0.6 is 0 Å². The molecule has 2 rings (SSSR count). The number of hydrogen-bond acceptors (Lipinski definition) is 3. The van der Waals surface area contributed by atoms with E-state index in [2.05, 4.69) is 11.9 Å². The molecule has 0 fully saturated rings. The topological polar surface area (TPSA) is 38.5 Å². The number of nitrogens with zero attached hydrogens (tertiary/aromatic N) is 1. The lowest BCUT2D eigenvalue weighted by atomic mass is 10.1. The highest BCUT2D eigenvalue weighted by Crippen LogP contribution is 2.29. The molecule has 3 nitrogen and oxygen atoms in total. The summed E-state index contributed by atoms with van der Waals surface area (Å²) in [6.07, 6.45) is 1.89. The van der Waals surface area contributed by atoms with Gasteiger partial charge in [0.2, 0.25) is 0 Å². The van der Waals surface area contributed by atoms with Crippen LogP contribution in [0, 0.1) is 5.82 Å². The fourth-order valence-corrected chi connectivity index (χ4v) is 2.25. The van der Waals surface area contributed by atoms with E-state index in [4.69, 9.17) is 10.5 Å². The van der Waals surface area contributed by atoms with Crippen LogP contribution in [0.1, 0.15) is 18.9 Å². The van der Waals surface area contributed by atoms with Crippen molar-refractivity contribution in [2.75, 3.05) is 20.1 Å². The minimum atomic E-state index is -0.191. The Balaban J connectivity index is 1.84. The van der Waals surface area contributed by atoms with Gasteiger partial charge in [0.05, 0.1) is 0 Å². The van der Waals surface area contributed by atoms with Gasteiger partial charge in [-0.05, 0) is 45.1 Å². The fourth-order valence-electron chi connectivity index (χ4n) is 2.25. The first-order chi connectivity index (χ1) is 8.54. The SMILES string of the molecule is CC(N)CCN(C)CC1Cc2cc(F)ccc2O1. The molecule has 1 aliphatic heterocycles. The second-order valence-corrected chi connectivity index (χ2v) is 5.22. The van der Waals surface area contributed by atoms with E-state index in [9.17, 15) is 4.39 Å². The van der Waals surface area contributed by atoms with Crippen molar-refractivity contribution in [1.82, 2.24) is 4.90 Å². The molecule has 2 N–H and O–H groups in total. The van der Waals surface area contributed by atoms with Gasteiger partial charge < -0.3 is 15.4 Å². The number of halogens is 1. The van der Waals surface area contributed by atoms with Gasteiger partial charge in [-0.3, -0.25) is 0 Å². The lowest BCUT2D eigenvalue weighted by Crippen LogP contribution is -2.34. The van der Waals surface area contributed by atoms with E-state index in [0.717, 1.165) is 37.2 Å². The number of nitrogens with two attached hydrogens (primary N) is 1. The summed E-state index contributed by atoms with van der Waals surface area (Å²) >= 11 is 0. The number of hydrogen-bond donors (Lipinski definition) is 1. The highest BCUT2D eigenvalue weighted by atomic mass is 19.1. The van der Waals surface area contributed by atoms with E-state index in [-0.39, 0.29) is 18.0 Å². The zero-order chi connectivity index (χ0) is 13.1. The monoisotopic (exact) mass is 252 g/mol. The highest BCUT2D eigenvalue weighted by molar-refractivity contribution is 5.37. The number of ether oxygens (including phenoxy) is 1. The number of likely N-dealkylation sites (N-methyl/N-ethyl adjacent to an activating group) is 1. The molecule has 1 aromatic carbocycles. The molecule has 100 valence electrons. The maximum atomic E-state index is 13.1. The van der Waals surface area contributed by atoms with Crippen LogP contribution in [-0.2, 0) is 6.42 Å².